The van der Waals surface area contributed by atoms with Crippen molar-refractivity contribution in [1.82, 2.24) is 34.4 Å². The Hall–Kier alpha value is -3.25. The van der Waals surface area contributed by atoms with E-state index >= 15 is 0 Å². The van der Waals surface area contributed by atoms with Crippen LogP contribution in [-0.2, 0) is 9.53 Å². The zero-order chi connectivity index (χ0) is 21.4. The molecule has 2 aliphatic heterocycles. The lowest BCUT2D eigenvalue weighted by molar-refractivity contribution is -0.135. The lowest BCUT2D eigenvalue weighted by Crippen LogP contribution is -2.60. The van der Waals surface area contributed by atoms with Crippen LogP contribution in [0.25, 0.3) is 17.4 Å². The summed E-state index contributed by atoms with van der Waals surface area (Å²) in [5.74, 6) is 1.89. The summed E-state index contributed by atoms with van der Waals surface area (Å²) >= 11 is 0. The van der Waals surface area contributed by atoms with E-state index < -0.39 is 0 Å². The molecule has 1 amide bonds. The van der Waals surface area contributed by atoms with Gasteiger partial charge >= 0.3 is 0 Å². The lowest BCUT2D eigenvalue weighted by atomic mass is 10.0. The summed E-state index contributed by atoms with van der Waals surface area (Å²) in [5, 5.41) is 4.31. The van der Waals surface area contributed by atoms with Gasteiger partial charge in [0.15, 0.2) is 5.76 Å². The third-order valence-corrected chi connectivity index (χ3v) is 5.82. The molecule has 164 valence electrons. The summed E-state index contributed by atoms with van der Waals surface area (Å²) in [5.41, 5.74) is 6.10. The molecule has 2 N–H and O–H groups in total. The molecule has 2 saturated heterocycles. The van der Waals surface area contributed by atoms with E-state index in [1.807, 2.05) is 9.80 Å². The maximum Gasteiger partial charge on any atom is 0.259 e. The molecule has 12 nitrogen and oxygen atoms in total. The number of nitrogens with two attached hydrogens (primary N) is 1. The van der Waals surface area contributed by atoms with Crippen LogP contribution in [0.5, 0.6) is 0 Å². The van der Waals surface area contributed by atoms with Crippen molar-refractivity contribution < 1.29 is 13.9 Å². The average molecular weight is 427 g/mol. The summed E-state index contributed by atoms with van der Waals surface area (Å²) in [7, 11) is 1.70. The lowest BCUT2D eigenvalue weighted by Gasteiger charge is -2.44. The van der Waals surface area contributed by atoms with Crippen LogP contribution in [0.1, 0.15) is 6.42 Å². The van der Waals surface area contributed by atoms with Gasteiger partial charge in [-0.2, -0.15) is 19.5 Å². The second kappa shape index (κ2) is 8.12. The van der Waals surface area contributed by atoms with Gasteiger partial charge in [0.25, 0.3) is 5.78 Å². The molecule has 2 aliphatic rings. The number of nitrogens with zero attached hydrogens (tertiary/aromatic N) is 8. The Morgan fingerprint density at radius 2 is 2.06 bits per heavy atom. The molecule has 3 aromatic heterocycles. The average Bonchev–Trinajstić information content (AvgIpc) is 3.42. The molecule has 3 aromatic rings. The second-order valence-corrected chi connectivity index (χ2v) is 7.66. The van der Waals surface area contributed by atoms with Gasteiger partial charge < -0.3 is 24.7 Å². The highest BCUT2D eigenvalue weighted by Crippen LogP contribution is 2.27. The Morgan fingerprint density at radius 1 is 1.23 bits per heavy atom. The van der Waals surface area contributed by atoms with E-state index in [9.17, 15) is 4.79 Å². The quantitative estimate of drug-likeness (QED) is 0.561. The van der Waals surface area contributed by atoms with Gasteiger partial charge in [-0.1, -0.05) is 0 Å². The number of ether oxygens (including phenoxy) is 1. The zero-order valence-corrected chi connectivity index (χ0v) is 17.3. The van der Waals surface area contributed by atoms with Crippen molar-refractivity contribution in [3.8, 4) is 11.6 Å². The van der Waals surface area contributed by atoms with E-state index in [0.29, 0.717) is 49.6 Å². The number of furan rings is 1. The molecule has 0 unspecified atom stereocenters. The van der Waals surface area contributed by atoms with Crippen molar-refractivity contribution in [2.75, 3.05) is 63.6 Å². The first-order valence-corrected chi connectivity index (χ1v) is 10.3. The molecule has 0 bridgehead atoms. The first kappa shape index (κ1) is 19.7. The van der Waals surface area contributed by atoms with Crippen molar-refractivity contribution in [2.45, 2.75) is 12.5 Å². The second-order valence-electron chi connectivity index (χ2n) is 7.66. The number of anilines is 2. The largest absolute Gasteiger partial charge is 0.461 e. The molecule has 0 aliphatic carbocycles. The van der Waals surface area contributed by atoms with Crippen molar-refractivity contribution in [3.05, 3.63) is 18.4 Å². The van der Waals surface area contributed by atoms with Crippen LogP contribution in [-0.4, -0.2) is 99.3 Å². The molecular formula is C19H25N9O3. The molecule has 0 radical (unpaired) electrons. The maximum atomic E-state index is 13.1. The highest BCUT2D eigenvalue weighted by molar-refractivity contribution is 5.86. The predicted molar refractivity (Wildman–Crippen MR) is 111 cm³/mol. The summed E-state index contributed by atoms with van der Waals surface area (Å²) < 4.78 is 11.9. The Bertz CT molecular complexity index is 1060. The van der Waals surface area contributed by atoms with Crippen LogP contribution in [0.4, 0.5) is 11.9 Å². The van der Waals surface area contributed by atoms with Crippen LogP contribution in [0.2, 0.25) is 0 Å². The van der Waals surface area contributed by atoms with Crippen molar-refractivity contribution >= 4 is 23.6 Å². The van der Waals surface area contributed by atoms with Crippen molar-refractivity contribution in [2.24, 2.45) is 0 Å². The Kier molecular flexibility index (Phi) is 5.16. The third-order valence-electron chi connectivity index (χ3n) is 5.82. The minimum Gasteiger partial charge on any atom is -0.461 e. The highest BCUT2D eigenvalue weighted by atomic mass is 16.5. The van der Waals surface area contributed by atoms with E-state index in [-0.39, 0.29) is 17.9 Å². The van der Waals surface area contributed by atoms with Crippen LogP contribution < -0.4 is 10.6 Å². The summed E-state index contributed by atoms with van der Waals surface area (Å²) in [6.45, 7) is 5.42. The van der Waals surface area contributed by atoms with Gasteiger partial charge in [0, 0.05) is 46.4 Å². The first-order valence-electron chi connectivity index (χ1n) is 10.3. The topological polar surface area (TPSA) is 131 Å². The molecule has 5 rings (SSSR count). The highest BCUT2D eigenvalue weighted by Gasteiger charge is 2.39. The van der Waals surface area contributed by atoms with Gasteiger partial charge in [-0.25, -0.2) is 0 Å². The fraction of sp³-hybridized carbons (Fsp3) is 0.526. The van der Waals surface area contributed by atoms with Crippen LogP contribution in [0, 0.1) is 0 Å². The number of hydrogen-bond donors (Lipinski definition) is 1. The van der Waals surface area contributed by atoms with E-state index in [1.165, 1.54) is 4.52 Å². The molecule has 5 heterocycles. The molecule has 0 saturated carbocycles. The van der Waals surface area contributed by atoms with E-state index in [2.05, 4.69) is 25.0 Å². The summed E-state index contributed by atoms with van der Waals surface area (Å²) in [4.78, 5) is 32.5. The smallest absolute Gasteiger partial charge is 0.259 e. The van der Waals surface area contributed by atoms with Gasteiger partial charge in [-0.05, 0) is 18.6 Å². The number of nitrogen functional groups attached to an aromatic ring is 1. The number of hydrogen-bond acceptors (Lipinski definition) is 10. The van der Waals surface area contributed by atoms with Crippen LogP contribution in [0.3, 0.4) is 0 Å². The summed E-state index contributed by atoms with van der Waals surface area (Å²) in [6.07, 6.45) is 2.32. The minimum absolute atomic E-state index is 0.109. The Labute approximate surface area is 178 Å². The van der Waals surface area contributed by atoms with E-state index in [1.54, 1.807) is 25.5 Å². The molecule has 12 heteroatoms. The molecule has 31 heavy (non-hydrogen) atoms. The maximum absolute atomic E-state index is 13.1. The fourth-order valence-electron chi connectivity index (χ4n) is 3.94. The predicted octanol–water partition coefficient (Wildman–Crippen LogP) is -0.269. The van der Waals surface area contributed by atoms with E-state index in [0.717, 1.165) is 26.1 Å². The monoisotopic (exact) mass is 427 g/mol. The normalized spacial score (nSPS) is 19.7. The number of aromatic nitrogens is 5. The molecular weight excluding hydrogens is 402 g/mol. The van der Waals surface area contributed by atoms with Gasteiger partial charge in [0.1, 0.15) is 6.04 Å². The number of fused-ring (bicyclic) bond motifs is 1. The number of carbonyl (C=O) groups is 1. The van der Waals surface area contributed by atoms with E-state index in [4.69, 9.17) is 14.9 Å². The van der Waals surface area contributed by atoms with Gasteiger partial charge in [0.2, 0.25) is 23.6 Å². The number of carbonyl (C=O) groups excluding carboxylic acids is 1. The van der Waals surface area contributed by atoms with Gasteiger partial charge in [-0.15, -0.1) is 5.10 Å². The fourth-order valence-corrected chi connectivity index (χ4v) is 3.94. The zero-order valence-electron chi connectivity index (χ0n) is 17.3. The number of amides is 1. The molecule has 2 fully saturated rings. The first-order chi connectivity index (χ1) is 15.1. The van der Waals surface area contributed by atoms with Gasteiger partial charge in [0.05, 0.1) is 12.9 Å². The Balaban J connectivity index is 1.30. The summed E-state index contributed by atoms with van der Waals surface area (Å²) in [6, 6.07) is 3.24. The Morgan fingerprint density at radius 3 is 2.74 bits per heavy atom. The third kappa shape index (κ3) is 3.68. The number of methoxy groups -OCH3 is 1. The molecule has 1 atom stereocenters. The van der Waals surface area contributed by atoms with Crippen molar-refractivity contribution in [1.29, 1.82) is 0 Å². The molecule has 0 aromatic carbocycles. The SMILES string of the molecule is COCCN1CCN(C(=O)[C@@H]2CCN2c2nc(N)n3nc(-c4ccco4)nc3n2)CC1. The van der Waals surface area contributed by atoms with Crippen LogP contribution in [0.15, 0.2) is 22.8 Å². The standard InChI is InChI=1S/C19H25N9O3/c1-30-12-10-25-6-8-26(9-7-25)16(29)13-4-5-27(13)18-22-17(20)28-19(23-18)21-15(24-28)14-3-2-11-31-14/h2-3,11,13H,4-10,12H2,1H3,(H2,20,21,22,23,24)/t13-/m0/s1. The van der Waals surface area contributed by atoms with Crippen LogP contribution >= 0.6 is 0 Å². The van der Waals surface area contributed by atoms with Gasteiger partial charge in [-0.3, -0.25) is 9.69 Å². The molecule has 0 spiro atoms. The minimum atomic E-state index is -0.278. The number of piperazine rings is 1. The van der Waals surface area contributed by atoms with Crippen molar-refractivity contribution in [3.63, 3.8) is 0 Å². The number of rotatable bonds is 6.